The van der Waals surface area contributed by atoms with E-state index < -0.39 is 18.0 Å². The first kappa shape index (κ1) is 22.7. The van der Waals surface area contributed by atoms with Gasteiger partial charge in [0.1, 0.15) is 5.75 Å². The number of fused-ring (bicyclic) bond motifs is 2. The van der Waals surface area contributed by atoms with Crippen LogP contribution in [0.5, 0.6) is 5.75 Å². The number of ether oxygens (including phenoxy) is 2. The molecule has 1 unspecified atom stereocenters. The van der Waals surface area contributed by atoms with Gasteiger partial charge in [0, 0.05) is 53.9 Å². The van der Waals surface area contributed by atoms with Crippen molar-refractivity contribution in [3.05, 3.63) is 65.4 Å². The Balaban J connectivity index is 1.60. The van der Waals surface area contributed by atoms with Crippen LogP contribution in [0.4, 0.5) is 5.69 Å². The second-order valence-electron chi connectivity index (χ2n) is 8.51. The van der Waals surface area contributed by atoms with Gasteiger partial charge in [-0.2, -0.15) is 0 Å². The fourth-order valence-electron chi connectivity index (χ4n) is 4.10. The molecule has 1 aromatic heterocycles. The molecule has 33 heavy (non-hydrogen) atoms. The Hall–Kier alpha value is -3.45. The number of amides is 1. The second kappa shape index (κ2) is 9.58. The Labute approximate surface area is 193 Å². The number of nitrogens with one attached hydrogen (secondary N) is 1. The molecule has 1 amide bonds. The number of carbonyl (C=O) groups excluding carboxylic acids is 2. The number of esters is 1. The summed E-state index contributed by atoms with van der Waals surface area (Å²) in [7, 11) is 1.56. The number of anilines is 1. The Kier molecular flexibility index (Phi) is 6.60. The number of nitrogens with zero attached hydrogens (tertiary/aromatic N) is 2. The molecule has 0 spiro atoms. The molecule has 0 aliphatic carbocycles. The third-order valence-corrected chi connectivity index (χ3v) is 6.00. The zero-order valence-corrected chi connectivity index (χ0v) is 19.4. The molecule has 2 aromatic carbocycles. The molecule has 7 heteroatoms. The highest BCUT2D eigenvalue weighted by atomic mass is 16.5. The van der Waals surface area contributed by atoms with Crippen LogP contribution in [0.15, 0.2) is 48.5 Å². The number of rotatable bonds is 6. The molecule has 172 valence electrons. The van der Waals surface area contributed by atoms with Crippen LogP contribution in [-0.4, -0.2) is 47.6 Å². The van der Waals surface area contributed by atoms with Gasteiger partial charge in [-0.15, -0.1) is 0 Å². The number of aromatic nitrogens is 1. The van der Waals surface area contributed by atoms with Crippen LogP contribution >= 0.6 is 0 Å². The fraction of sp³-hybridized carbons (Fsp3) is 0.346. The average molecular weight is 448 g/mol. The van der Waals surface area contributed by atoms with Gasteiger partial charge in [0.05, 0.1) is 18.2 Å². The third kappa shape index (κ3) is 4.83. The number of hydrogen-bond donors (Lipinski definition) is 1. The highest BCUT2D eigenvalue weighted by Gasteiger charge is 2.29. The van der Waals surface area contributed by atoms with E-state index in [2.05, 4.69) is 24.1 Å². The zero-order valence-electron chi connectivity index (χ0n) is 19.4. The van der Waals surface area contributed by atoms with Gasteiger partial charge >= 0.3 is 5.97 Å². The molecule has 0 radical (unpaired) electrons. The summed E-state index contributed by atoms with van der Waals surface area (Å²) in [4.78, 5) is 33.3. The number of para-hydroxylation sites is 1. The Morgan fingerprint density at radius 1 is 1.09 bits per heavy atom. The molecule has 7 nitrogen and oxygen atoms in total. The van der Waals surface area contributed by atoms with E-state index in [0.29, 0.717) is 29.6 Å². The fourth-order valence-corrected chi connectivity index (χ4v) is 4.10. The average Bonchev–Trinajstić information content (AvgIpc) is 2.81. The monoisotopic (exact) mass is 447 g/mol. The molecule has 3 aromatic rings. The first-order chi connectivity index (χ1) is 15.9. The van der Waals surface area contributed by atoms with Gasteiger partial charge in [-0.25, -0.2) is 4.79 Å². The molecule has 1 aliphatic rings. The van der Waals surface area contributed by atoms with E-state index in [1.165, 1.54) is 0 Å². The van der Waals surface area contributed by atoms with E-state index in [0.717, 1.165) is 35.1 Å². The molecule has 0 bridgehead atoms. The van der Waals surface area contributed by atoms with E-state index in [-0.39, 0.29) is 0 Å². The lowest BCUT2D eigenvalue weighted by Crippen LogP contribution is -2.37. The minimum atomic E-state index is -0.976. The summed E-state index contributed by atoms with van der Waals surface area (Å²) < 4.78 is 10.9. The summed E-state index contributed by atoms with van der Waals surface area (Å²) in [6, 6.07) is 15.0. The van der Waals surface area contributed by atoms with Crippen LogP contribution < -0.4 is 10.1 Å². The van der Waals surface area contributed by atoms with Gasteiger partial charge in [0.2, 0.25) is 0 Å². The maximum atomic E-state index is 13.4. The van der Waals surface area contributed by atoms with Crippen LogP contribution in [0.25, 0.3) is 10.9 Å². The Morgan fingerprint density at radius 2 is 1.88 bits per heavy atom. The minimum Gasteiger partial charge on any atom is -0.497 e. The lowest BCUT2D eigenvalue weighted by molar-refractivity contribution is -0.123. The predicted octanol–water partition coefficient (Wildman–Crippen LogP) is 4.19. The van der Waals surface area contributed by atoms with Gasteiger partial charge in [0.25, 0.3) is 5.91 Å². The van der Waals surface area contributed by atoms with Crippen LogP contribution in [0, 0.1) is 0 Å². The molecule has 2 heterocycles. The summed E-state index contributed by atoms with van der Waals surface area (Å²) >= 11 is 0. The molecule has 0 saturated carbocycles. The maximum Gasteiger partial charge on any atom is 0.339 e. The molecule has 4 rings (SSSR count). The van der Waals surface area contributed by atoms with Crippen molar-refractivity contribution < 1.29 is 19.1 Å². The molecule has 0 saturated heterocycles. The highest BCUT2D eigenvalue weighted by molar-refractivity contribution is 6.06. The van der Waals surface area contributed by atoms with E-state index in [1.807, 2.05) is 24.3 Å². The lowest BCUT2D eigenvalue weighted by atomic mass is 9.95. The van der Waals surface area contributed by atoms with Crippen molar-refractivity contribution in [2.45, 2.75) is 45.9 Å². The van der Waals surface area contributed by atoms with Gasteiger partial charge in [-0.3, -0.25) is 14.7 Å². The SMILES string of the molecule is COc1cccc(NC(=O)C(C)OC(=O)c2c3c(nc4ccccc24)CCN(C(C)C)C3)c1. The van der Waals surface area contributed by atoms with Crippen molar-refractivity contribution in [1.82, 2.24) is 9.88 Å². The van der Waals surface area contributed by atoms with Crippen LogP contribution in [0.2, 0.25) is 0 Å². The maximum absolute atomic E-state index is 13.4. The van der Waals surface area contributed by atoms with Crippen molar-refractivity contribution in [3.8, 4) is 5.75 Å². The summed E-state index contributed by atoms with van der Waals surface area (Å²) in [6.07, 6.45) is -0.207. The summed E-state index contributed by atoms with van der Waals surface area (Å²) in [5.41, 5.74) is 3.64. The first-order valence-corrected chi connectivity index (χ1v) is 11.2. The molecule has 1 atom stereocenters. The van der Waals surface area contributed by atoms with Gasteiger partial charge in [0.15, 0.2) is 6.10 Å². The van der Waals surface area contributed by atoms with Crippen molar-refractivity contribution in [1.29, 1.82) is 0 Å². The second-order valence-corrected chi connectivity index (χ2v) is 8.51. The number of hydrogen-bond acceptors (Lipinski definition) is 6. The highest BCUT2D eigenvalue weighted by Crippen LogP contribution is 2.30. The van der Waals surface area contributed by atoms with Crippen molar-refractivity contribution in [2.24, 2.45) is 0 Å². The topological polar surface area (TPSA) is 80.8 Å². The van der Waals surface area contributed by atoms with Crippen molar-refractivity contribution in [2.75, 3.05) is 19.0 Å². The summed E-state index contributed by atoms with van der Waals surface area (Å²) in [6.45, 7) is 7.37. The van der Waals surface area contributed by atoms with Gasteiger partial charge in [-0.05, 0) is 39.0 Å². The number of methoxy groups -OCH3 is 1. The molecule has 1 aliphatic heterocycles. The number of benzene rings is 2. The zero-order chi connectivity index (χ0) is 23.5. The van der Waals surface area contributed by atoms with Crippen molar-refractivity contribution >= 4 is 28.5 Å². The van der Waals surface area contributed by atoms with Crippen LogP contribution in [0.1, 0.15) is 42.4 Å². The largest absolute Gasteiger partial charge is 0.497 e. The van der Waals surface area contributed by atoms with E-state index in [1.54, 1.807) is 38.3 Å². The van der Waals surface area contributed by atoms with E-state index >= 15 is 0 Å². The van der Waals surface area contributed by atoms with E-state index in [9.17, 15) is 9.59 Å². The summed E-state index contributed by atoms with van der Waals surface area (Å²) in [5, 5.41) is 3.52. The van der Waals surface area contributed by atoms with E-state index in [4.69, 9.17) is 14.5 Å². The van der Waals surface area contributed by atoms with Gasteiger partial charge < -0.3 is 14.8 Å². The molecule has 1 N–H and O–H groups in total. The minimum absolute atomic E-state index is 0.348. The molecular formula is C26H29N3O4. The quantitative estimate of drug-likeness (QED) is 0.571. The standard InChI is InChI=1S/C26H29N3O4/c1-16(2)29-13-12-23-21(15-29)24(20-10-5-6-11-22(20)28-23)26(31)33-17(3)25(30)27-18-8-7-9-19(14-18)32-4/h5-11,14,16-17H,12-13,15H2,1-4H3,(H,27,30). The number of carbonyl (C=O) groups is 2. The Bertz CT molecular complexity index is 1190. The molecular weight excluding hydrogens is 418 g/mol. The van der Waals surface area contributed by atoms with Crippen LogP contribution in [0.3, 0.4) is 0 Å². The van der Waals surface area contributed by atoms with Crippen LogP contribution in [-0.2, 0) is 22.5 Å². The smallest absolute Gasteiger partial charge is 0.339 e. The number of pyridine rings is 1. The van der Waals surface area contributed by atoms with Gasteiger partial charge in [-0.1, -0.05) is 24.3 Å². The van der Waals surface area contributed by atoms with Crippen molar-refractivity contribution in [3.63, 3.8) is 0 Å². The lowest BCUT2D eigenvalue weighted by Gasteiger charge is -2.32. The third-order valence-electron chi connectivity index (χ3n) is 6.00. The molecule has 0 fully saturated rings. The normalized spacial score (nSPS) is 14.6. The Morgan fingerprint density at radius 3 is 2.64 bits per heavy atom. The predicted molar refractivity (Wildman–Crippen MR) is 127 cm³/mol. The summed E-state index contributed by atoms with van der Waals surface area (Å²) in [5.74, 6) is -0.293. The first-order valence-electron chi connectivity index (χ1n) is 11.2.